The van der Waals surface area contributed by atoms with Crippen molar-refractivity contribution < 1.29 is 22.7 Å². The first-order chi connectivity index (χ1) is 8.94. The molecule has 1 heterocycles. The van der Waals surface area contributed by atoms with Crippen molar-refractivity contribution in [3.8, 4) is 0 Å². The van der Waals surface area contributed by atoms with Gasteiger partial charge in [-0.2, -0.15) is 8.78 Å². The van der Waals surface area contributed by atoms with Crippen molar-refractivity contribution in [3.63, 3.8) is 0 Å². The lowest BCUT2D eigenvalue weighted by molar-refractivity contribution is -0.144. The molecule has 1 aliphatic heterocycles. The summed E-state index contributed by atoms with van der Waals surface area (Å²) in [6, 6.07) is 0. The number of rotatable bonds is 6. The number of halogens is 4. The summed E-state index contributed by atoms with van der Waals surface area (Å²) >= 11 is 0. The summed E-state index contributed by atoms with van der Waals surface area (Å²) in [6.07, 6.45) is -0.00695. The zero-order valence-corrected chi connectivity index (χ0v) is 10.9. The van der Waals surface area contributed by atoms with E-state index in [1.165, 1.54) is 4.90 Å². The van der Waals surface area contributed by atoms with Gasteiger partial charge in [-0.1, -0.05) is 0 Å². The third-order valence-electron chi connectivity index (χ3n) is 4.47. The number of alkyl halides is 4. The molecule has 1 saturated heterocycles. The quantitative estimate of drug-likeness (QED) is 0.757. The average molecular weight is 283 g/mol. The van der Waals surface area contributed by atoms with Crippen LogP contribution in [0.2, 0.25) is 0 Å². The molecule has 0 aromatic rings. The summed E-state index contributed by atoms with van der Waals surface area (Å²) < 4.78 is 50.1. The van der Waals surface area contributed by atoms with Crippen molar-refractivity contribution in [2.75, 3.05) is 26.2 Å². The van der Waals surface area contributed by atoms with Crippen LogP contribution in [-0.2, 0) is 0 Å². The van der Waals surface area contributed by atoms with Crippen LogP contribution in [0.15, 0.2) is 0 Å². The van der Waals surface area contributed by atoms with E-state index in [9.17, 15) is 17.6 Å². The van der Waals surface area contributed by atoms with E-state index in [0.717, 1.165) is 25.7 Å². The smallest absolute Gasteiger partial charge is 0.319 e. The van der Waals surface area contributed by atoms with Gasteiger partial charge in [0.15, 0.2) is 0 Å². The molecule has 0 radical (unpaired) electrons. The highest BCUT2D eigenvalue weighted by Crippen LogP contribution is 2.49. The minimum atomic E-state index is -3.90. The highest BCUT2D eigenvalue weighted by molar-refractivity contribution is 4.93. The van der Waals surface area contributed by atoms with E-state index in [-0.39, 0.29) is 6.61 Å². The number of likely N-dealkylation sites (tertiary alicyclic amines) is 1. The van der Waals surface area contributed by atoms with Crippen LogP contribution in [0.3, 0.4) is 0 Å². The van der Waals surface area contributed by atoms with Crippen molar-refractivity contribution in [2.45, 2.75) is 38.0 Å². The molecule has 112 valence electrons. The lowest BCUT2D eigenvalue weighted by Gasteiger charge is -2.34. The van der Waals surface area contributed by atoms with Crippen LogP contribution in [0.25, 0.3) is 0 Å². The van der Waals surface area contributed by atoms with Gasteiger partial charge in [0.1, 0.15) is 0 Å². The standard InChI is InChI=1S/C13H21F4NO/c14-12(15)13(16,17)8-18-4-1-9(2-5-18)11-7-10(11)3-6-19/h9-12,19H,1-8H2/t10-,11-/m1/s1. The van der Waals surface area contributed by atoms with Crippen LogP contribution in [-0.4, -0.2) is 48.6 Å². The largest absolute Gasteiger partial charge is 0.396 e. The summed E-state index contributed by atoms with van der Waals surface area (Å²) in [6.45, 7) is 0.341. The molecule has 1 aliphatic carbocycles. The van der Waals surface area contributed by atoms with Gasteiger partial charge in [0.05, 0.1) is 6.54 Å². The fourth-order valence-corrected chi connectivity index (χ4v) is 3.25. The third-order valence-corrected chi connectivity index (χ3v) is 4.47. The molecule has 0 spiro atoms. The Morgan fingerprint density at radius 1 is 1.21 bits per heavy atom. The molecule has 1 saturated carbocycles. The molecule has 0 aromatic carbocycles. The van der Waals surface area contributed by atoms with E-state index in [1.54, 1.807) is 0 Å². The van der Waals surface area contributed by atoms with Gasteiger partial charge in [-0.25, -0.2) is 8.78 Å². The molecule has 0 amide bonds. The minimum Gasteiger partial charge on any atom is -0.396 e. The van der Waals surface area contributed by atoms with Gasteiger partial charge in [0.25, 0.3) is 0 Å². The van der Waals surface area contributed by atoms with Gasteiger partial charge in [-0.3, -0.25) is 4.90 Å². The Balaban J connectivity index is 1.71. The van der Waals surface area contributed by atoms with Crippen molar-refractivity contribution in [2.24, 2.45) is 17.8 Å². The molecule has 1 N–H and O–H groups in total. The van der Waals surface area contributed by atoms with E-state index in [0.29, 0.717) is 30.8 Å². The molecular formula is C13H21F4NO. The SMILES string of the molecule is OCC[C@@H]1C[C@@H]1C1CCN(CC(F)(F)C(F)F)CC1. The molecule has 2 nitrogen and oxygen atoms in total. The van der Waals surface area contributed by atoms with Crippen molar-refractivity contribution in [1.82, 2.24) is 4.90 Å². The number of aliphatic hydroxyl groups is 1. The molecule has 0 unspecified atom stereocenters. The second-order valence-electron chi connectivity index (χ2n) is 5.85. The van der Waals surface area contributed by atoms with Gasteiger partial charge in [0.2, 0.25) is 0 Å². The maximum absolute atomic E-state index is 12.9. The van der Waals surface area contributed by atoms with E-state index in [1.807, 2.05) is 0 Å². The van der Waals surface area contributed by atoms with Gasteiger partial charge < -0.3 is 5.11 Å². The van der Waals surface area contributed by atoms with Gasteiger partial charge >= 0.3 is 12.3 Å². The molecule has 2 aliphatic rings. The first-order valence-corrected chi connectivity index (χ1v) is 6.93. The van der Waals surface area contributed by atoms with Crippen molar-refractivity contribution in [1.29, 1.82) is 0 Å². The summed E-state index contributed by atoms with van der Waals surface area (Å²) in [5.74, 6) is -2.17. The van der Waals surface area contributed by atoms with Crippen LogP contribution in [0.1, 0.15) is 25.7 Å². The Kier molecular flexibility index (Phi) is 4.71. The van der Waals surface area contributed by atoms with E-state index in [4.69, 9.17) is 5.11 Å². The molecule has 2 fully saturated rings. The zero-order chi connectivity index (χ0) is 14.0. The number of nitrogens with zero attached hydrogens (tertiary/aromatic N) is 1. The van der Waals surface area contributed by atoms with Gasteiger partial charge in [-0.05, 0) is 56.5 Å². The molecule has 2 rings (SSSR count). The molecule has 0 aromatic heterocycles. The fourth-order valence-electron chi connectivity index (χ4n) is 3.25. The molecule has 19 heavy (non-hydrogen) atoms. The average Bonchev–Trinajstić information content (AvgIpc) is 3.09. The summed E-state index contributed by atoms with van der Waals surface area (Å²) in [4.78, 5) is 1.45. The highest BCUT2D eigenvalue weighted by atomic mass is 19.3. The third kappa shape index (κ3) is 3.81. The Bertz CT molecular complexity index is 292. The Morgan fingerprint density at radius 2 is 1.84 bits per heavy atom. The molecule has 6 heteroatoms. The topological polar surface area (TPSA) is 23.5 Å². The number of aliphatic hydroxyl groups excluding tert-OH is 1. The van der Waals surface area contributed by atoms with E-state index in [2.05, 4.69) is 0 Å². The highest BCUT2D eigenvalue weighted by Gasteiger charge is 2.45. The lowest BCUT2D eigenvalue weighted by Crippen LogP contribution is -2.45. The monoisotopic (exact) mass is 283 g/mol. The second-order valence-corrected chi connectivity index (χ2v) is 5.85. The van der Waals surface area contributed by atoms with Crippen molar-refractivity contribution in [3.05, 3.63) is 0 Å². The Labute approximate surface area is 110 Å². The van der Waals surface area contributed by atoms with E-state index >= 15 is 0 Å². The van der Waals surface area contributed by atoms with E-state index < -0.39 is 18.9 Å². The lowest BCUT2D eigenvalue weighted by atomic mass is 9.90. The second kappa shape index (κ2) is 5.95. The predicted octanol–water partition coefficient (Wildman–Crippen LogP) is 2.62. The maximum Gasteiger partial charge on any atom is 0.319 e. The van der Waals surface area contributed by atoms with Crippen LogP contribution < -0.4 is 0 Å². The summed E-state index contributed by atoms with van der Waals surface area (Å²) in [5, 5.41) is 8.85. The molecule has 0 bridgehead atoms. The first kappa shape index (κ1) is 15.0. The van der Waals surface area contributed by atoms with Crippen LogP contribution >= 0.6 is 0 Å². The van der Waals surface area contributed by atoms with Crippen LogP contribution in [0.5, 0.6) is 0 Å². The van der Waals surface area contributed by atoms with Crippen LogP contribution in [0, 0.1) is 17.8 Å². The zero-order valence-electron chi connectivity index (χ0n) is 10.9. The predicted molar refractivity (Wildman–Crippen MR) is 63.4 cm³/mol. The van der Waals surface area contributed by atoms with Gasteiger partial charge in [-0.15, -0.1) is 0 Å². The van der Waals surface area contributed by atoms with Crippen molar-refractivity contribution >= 4 is 0 Å². The first-order valence-electron chi connectivity index (χ1n) is 6.93. The number of piperidine rings is 1. The summed E-state index contributed by atoms with van der Waals surface area (Å²) in [5.41, 5.74) is 0. The maximum atomic E-state index is 12.9. The minimum absolute atomic E-state index is 0.209. The Morgan fingerprint density at radius 3 is 2.37 bits per heavy atom. The fraction of sp³-hybridized carbons (Fsp3) is 1.00. The number of hydrogen-bond donors (Lipinski definition) is 1. The summed E-state index contributed by atoms with van der Waals surface area (Å²) in [7, 11) is 0. The molecular weight excluding hydrogens is 262 g/mol. The normalized spacial score (nSPS) is 30.0. The van der Waals surface area contributed by atoms with Crippen LogP contribution in [0.4, 0.5) is 17.6 Å². The van der Waals surface area contributed by atoms with Gasteiger partial charge in [0, 0.05) is 6.61 Å². The molecule has 2 atom stereocenters. The number of hydrogen-bond acceptors (Lipinski definition) is 2. The Hall–Kier alpha value is -0.360.